The molecule has 0 saturated carbocycles. The Hall–Kier alpha value is -1.30. The van der Waals surface area contributed by atoms with Gasteiger partial charge >= 0.3 is 6.09 Å². The maximum atomic E-state index is 10.8. The van der Waals surface area contributed by atoms with Crippen LogP contribution in [-0.4, -0.2) is 31.9 Å². The lowest BCUT2D eigenvalue weighted by molar-refractivity contribution is -0.120. The molecule has 6 heteroatoms. The molecule has 13 heavy (non-hydrogen) atoms. The molecule has 6 nitrogen and oxygen atoms in total. The van der Waals surface area contributed by atoms with Gasteiger partial charge in [0, 0.05) is 7.11 Å². The molecule has 0 aliphatic rings. The van der Waals surface area contributed by atoms with Gasteiger partial charge in [-0.3, -0.25) is 10.1 Å². The second-order valence-electron chi connectivity index (χ2n) is 2.26. The van der Waals surface area contributed by atoms with Crippen LogP contribution in [0.1, 0.15) is 13.3 Å². The fraction of sp³-hybridized carbons (Fsp3) is 0.714. The van der Waals surface area contributed by atoms with E-state index < -0.39 is 18.2 Å². The molecular formula is C7H14N2O4. The average molecular weight is 190 g/mol. The highest BCUT2D eigenvalue weighted by molar-refractivity contribution is 5.75. The van der Waals surface area contributed by atoms with E-state index in [1.807, 2.05) is 0 Å². The normalized spacial score (nSPS) is 11.8. The van der Waals surface area contributed by atoms with Crippen LogP contribution in [-0.2, 0) is 14.3 Å². The lowest BCUT2D eigenvalue weighted by Gasteiger charge is -2.14. The number of nitrogens with one attached hydrogen (secondary N) is 1. The molecule has 0 aromatic rings. The highest BCUT2D eigenvalue weighted by atomic mass is 16.6. The largest absolute Gasteiger partial charge is 0.450 e. The number of ether oxygens (including phenoxy) is 2. The second-order valence-corrected chi connectivity index (χ2v) is 2.26. The minimum absolute atomic E-state index is 0.0741. The summed E-state index contributed by atoms with van der Waals surface area (Å²) in [6.07, 6.45) is -1.43. The van der Waals surface area contributed by atoms with Crippen LogP contribution in [0.15, 0.2) is 0 Å². The summed E-state index contributed by atoms with van der Waals surface area (Å²) in [5.74, 6) is -0.552. The fourth-order valence-electron chi connectivity index (χ4n) is 0.680. The monoisotopic (exact) mass is 190 g/mol. The first-order valence-electron chi connectivity index (χ1n) is 3.84. The van der Waals surface area contributed by atoms with Gasteiger partial charge < -0.3 is 15.2 Å². The number of alkyl carbamates (subject to hydrolysis) is 1. The van der Waals surface area contributed by atoms with Crippen LogP contribution >= 0.6 is 0 Å². The van der Waals surface area contributed by atoms with Gasteiger partial charge in [-0.25, -0.2) is 4.79 Å². The van der Waals surface area contributed by atoms with E-state index in [1.54, 1.807) is 6.92 Å². The van der Waals surface area contributed by atoms with Crippen LogP contribution < -0.4 is 11.1 Å². The SMILES string of the molecule is CCOC(=O)NC(CC(N)=O)OC. The van der Waals surface area contributed by atoms with Crippen LogP contribution in [0.4, 0.5) is 4.79 Å². The Labute approximate surface area is 76.4 Å². The third-order valence-electron chi connectivity index (χ3n) is 1.23. The van der Waals surface area contributed by atoms with E-state index >= 15 is 0 Å². The molecule has 0 saturated heterocycles. The molecule has 0 heterocycles. The molecule has 0 bridgehead atoms. The van der Waals surface area contributed by atoms with E-state index in [-0.39, 0.29) is 13.0 Å². The Morgan fingerprint density at radius 2 is 2.15 bits per heavy atom. The first-order valence-corrected chi connectivity index (χ1v) is 3.84. The van der Waals surface area contributed by atoms with E-state index in [0.29, 0.717) is 0 Å². The van der Waals surface area contributed by atoms with E-state index in [2.05, 4.69) is 10.1 Å². The quantitative estimate of drug-likeness (QED) is 0.576. The number of primary amides is 1. The minimum atomic E-state index is -0.725. The van der Waals surface area contributed by atoms with Gasteiger partial charge in [0.2, 0.25) is 5.91 Å². The molecule has 1 atom stereocenters. The highest BCUT2D eigenvalue weighted by Gasteiger charge is 2.13. The zero-order valence-corrected chi connectivity index (χ0v) is 7.70. The van der Waals surface area contributed by atoms with Crippen molar-refractivity contribution in [3.63, 3.8) is 0 Å². The van der Waals surface area contributed by atoms with Crippen molar-refractivity contribution in [1.29, 1.82) is 0 Å². The van der Waals surface area contributed by atoms with Crippen molar-refractivity contribution in [3.8, 4) is 0 Å². The minimum Gasteiger partial charge on any atom is -0.450 e. The molecule has 0 aromatic carbocycles. The Balaban J connectivity index is 3.83. The third-order valence-corrected chi connectivity index (χ3v) is 1.23. The number of hydrogen-bond donors (Lipinski definition) is 2. The van der Waals surface area contributed by atoms with Gasteiger partial charge in [0.25, 0.3) is 0 Å². The molecule has 0 aliphatic carbocycles. The van der Waals surface area contributed by atoms with Crippen LogP contribution in [0, 0.1) is 0 Å². The van der Waals surface area contributed by atoms with Crippen molar-refractivity contribution < 1.29 is 19.1 Å². The number of carbonyl (C=O) groups excluding carboxylic acids is 2. The summed E-state index contributed by atoms with van der Waals surface area (Å²) in [6.45, 7) is 1.94. The summed E-state index contributed by atoms with van der Waals surface area (Å²) in [5.41, 5.74) is 4.91. The van der Waals surface area contributed by atoms with Crippen molar-refractivity contribution >= 4 is 12.0 Å². The number of amides is 2. The molecule has 0 radical (unpaired) electrons. The molecular weight excluding hydrogens is 176 g/mol. The van der Waals surface area contributed by atoms with E-state index in [9.17, 15) is 9.59 Å². The summed E-state index contributed by atoms with van der Waals surface area (Å²) in [4.78, 5) is 21.3. The van der Waals surface area contributed by atoms with E-state index in [0.717, 1.165) is 0 Å². The Bertz CT molecular complexity index is 183. The number of methoxy groups -OCH3 is 1. The van der Waals surface area contributed by atoms with Crippen LogP contribution in [0.5, 0.6) is 0 Å². The van der Waals surface area contributed by atoms with Crippen molar-refractivity contribution in [1.82, 2.24) is 5.32 Å². The number of hydrogen-bond acceptors (Lipinski definition) is 4. The number of nitrogens with two attached hydrogens (primary N) is 1. The third kappa shape index (κ3) is 5.92. The second kappa shape index (κ2) is 6.24. The highest BCUT2D eigenvalue weighted by Crippen LogP contribution is 1.92. The van der Waals surface area contributed by atoms with E-state index in [4.69, 9.17) is 10.5 Å². The number of rotatable bonds is 5. The van der Waals surface area contributed by atoms with Crippen molar-refractivity contribution in [2.75, 3.05) is 13.7 Å². The molecule has 2 amide bonds. The van der Waals surface area contributed by atoms with Crippen molar-refractivity contribution in [3.05, 3.63) is 0 Å². The van der Waals surface area contributed by atoms with Gasteiger partial charge in [-0.05, 0) is 6.92 Å². The van der Waals surface area contributed by atoms with Gasteiger partial charge in [-0.2, -0.15) is 0 Å². The maximum Gasteiger partial charge on any atom is 0.409 e. The van der Waals surface area contributed by atoms with Crippen molar-refractivity contribution in [2.45, 2.75) is 19.6 Å². The van der Waals surface area contributed by atoms with Crippen LogP contribution in [0.3, 0.4) is 0 Å². The fourth-order valence-corrected chi connectivity index (χ4v) is 0.680. The zero-order chi connectivity index (χ0) is 10.3. The first-order chi connectivity index (χ1) is 6.10. The molecule has 76 valence electrons. The lowest BCUT2D eigenvalue weighted by atomic mass is 10.4. The number of carbonyl (C=O) groups is 2. The van der Waals surface area contributed by atoms with Gasteiger partial charge in [0.05, 0.1) is 13.0 Å². The van der Waals surface area contributed by atoms with E-state index in [1.165, 1.54) is 7.11 Å². The summed E-state index contributed by atoms with van der Waals surface area (Å²) in [5, 5.41) is 2.31. The lowest BCUT2D eigenvalue weighted by Crippen LogP contribution is -2.39. The molecule has 0 aliphatic heterocycles. The summed E-state index contributed by atoms with van der Waals surface area (Å²) in [6, 6.07) is 0. The Morgan fingerprint density at radius 3 is 2.54 bits per heavy atom. The molecule has 0 spiro atoms. The first kappa shape index (κ1) is 11.7. The smallest absolute Gasteiger partial charge is 0.409 e. The Kier molecular flexibility index (Phi) is 5.62. The van der Waals surface area contributed by atoms with Gasteiger partial charge in [-0.1, -0.05) is 0 Å². The van der Waals surface area contributed by atoms with Crippen LogP contribution in [0.25, 0.3) is 0 Å². The topological polar surface area (TPSA) is 90.6 Å². The summed E-state index contributed by atoms with van der Waals surface area (Å²) >= 11 is 0. The summed E-state index contributed by atoms with van der Waals surface area (Å²) < 4.78 is 9.34. The summed E-state index contributed by atoms with van der Waals surface area (Å²) in [7, 11) is 1.36. The molecule has 3 N–H and O–H groups in total. The van der Waals surface area contributed by atoms with Gasteiger partial charge in [-0.15, -0.1) is 0 Å². The van der Waals surface area contributed by atoms with Crippen LogP contribution in [0.2, 0.25) is 0 Å². The molecule has 1 unspecified atom stereocenters. The predicted octanol–water partition coefficient (Wildman–Crippen LogP) is -0.420. The predicted molar refractivity (Wildman–Crippen MR) is 44.8 cm³/mol. The maximum absolute atomic E-state index is 10.8. The molecule has 0 aromatic heterocycles. The molecule has 0 fully saturated rings. The zero-order valence-electron chi connectivity index (χ0n) is 7.70. The van der Waals surface area contributed by atoms with Crippen molar-refractivity contribution in [2.24, 2.45) is 5.73 Å². The van der Waals surface area contributed by atoms with Gasteiger partial charge in [0.15, 0.2) is 0 Å². The van der Waals surface area contributed by atoms with Gasteiger partial charge in [0.1, 0.15) is 6.23 Å². The molecule has 0 rings (SSSR count). The average Bonchev–Trinajstić information content (AvgIpc) is 2.02. The Morgan fingerprint density at radius 1 is 1.54 bits per heavy atom. The standard InChI is InChI=1S/C7H14N2O4/c1-3-13-7(11)9-6(12-2)4-5(8)10/h6H,3-4H2,1-2H3,(H2,8,10)(H,9,11).